The Morgan fingerprint density at radius 3 is 2.48 bits per heavy atom. The molecule has 2 aromatic carbocycles. The lowest BCUT2D eigenvalue weighted by Crippen LogP contribution is -2.63. The molecule has 0 spiro atoms. The molecule has 2 saturated heterocycles. The minimum atomic E-state index is -0.129. The number of carbonyl (C=O) groups is 1. The molecule has 0 aromatic heterocycles. The van der Waals surface area contributed by atoms with Gasteiger partial charge < -0.3 is 4.84 Å². The SMILES string of the molecule is O=C(c1ccccc1)N1O[C@H]2CC[C@@H]1[C@@H]1ON=C(c3ccccc3)[C@H]12. The fourth-order valence-corrected chi connectivity index (χ4v) is 4.13. The van der Waals surface area contributed by atoms with E-state index in [0.717, 1.165) is 24.1 Å². The summed E-state index contributed by atoms with van der Waals surface area (Å²) < 4.78 is 0. The van der Waals surface area contributed by atoms with Crippen molar-refractivity contribution in [2.24, 2.45) is 11.1 Å². The van der Waals surface area contributed by atoms with Gasteiger partial charge in [-0.2, -0.15) is 0 Å². The van der Waals surface area contributed by atoms with Crippen LogP contribution < -0.4 is 0 Å². The Kier molecular flexibility index (Phi) is 3.35. The van der Waals surface area contributed by atoms with E-state index in [1.54, 1.807) is 0 Å². The zero-order valence-corrected chi connectivity index (χ0v) is 13.6. The molecule has 5 heteroatoms. The van der Waals surface area contributed by atoms with Crippen LogP contribution in [0, 0.1) is 5.92 Å². The highest BCUT2D eigenvalue weighted by Crippen LogP contribution is 2.44. The molecule has 4 atom stereocenters. The van der Waals surface area contributed by atoms with Crippen LogP contribution in [0.5, 0.6) is 0 Å². The predicted molar refractivity (Wildman–Crippen MR) is 91.8 cm³/mol. The van der Waals surface area contributed by atoms with Crippen LogP contribution in [0.2, 0.25) is 0 Å². The van der Waals surface area contributed by atoms with Crippen molar-refractivity contribution in [3.8, 4) is 0 Å². The van der Waals surface area contributed by atoms with Gasteiger partial charge in [0, 0.05) is 5.56 Å². The van der Waals surface area contributed by atoms with Crippen molar-refractivity contribution in [1.82, 2.24) is 5.06 Å². The fourth-order valence-electron chi connectivity index (χ4n) is 4.13. The molecule has 2 aromatic rings. The summed E-state index contributed by atoms with van der Waals surface area (Å²) in [6.45, 7) is 0. The minimum Gasteiger partial charge on any atom is -0.389 e. The van der Waals surface area contributed by atoms with Crippen molar-refractivity contribution >= 4 is 11.6 Å². The molecule has 1 amide bonds. The van der Waals surface area contributed by atoms with Gasteiger partial charge in [-0.15, -0.1) is 0 Å². The molecule has 4 aliphatic rings. The summed E-state index contributed by atoms with van der Waals surface area (Å²) in [6.07, 6.45) is 1.58. The first-order valence-corrected chi connectivity index (χ1v) is 8.67. The molecule has 2 bridgehead atoms. The quantitative estimate of drug-likeness (QED) is 0.848. The molecule has 3 fully saturated rings. The molecule has 1 aliphatic carbocycles. The summed E-state index contributed by atoms with van der Waals surface area (Å²) in [5, 5.41) is 5.88. The number of rotatable bonds is 2. The number of hydroxylamine groups is 2. The third kappa shape index (κ3) is 2.27. The Hall–Kier alpha value is -2.66. The molecule has 0 radical (unpaired) electrons. The topological polar surface area (TPSA) is 51.1 Å². The van der Waals surface area contributed by atoms with E-state index in [0.29, 0.717) is 5.56 Å². The van der Waals surface area contributed by atoms with Crippen LogP contribution in [0.4, 0.5) is 0 Å². The van der Waals surface area contributed by atoms with Crippen LogP contribution in [-0.4, -0.2) is 34.9 Å². The highest BCUT2D eigenvalue weighted by Gasteiger charge is 2.56. The van der Waals surface area contributed by atoms with Gasteiger partial charge in [0.15, 0.2) is 6.10 Å². The normalized spacial score (nSPS) is 29.8. The lowest BCUT2D eigenvalue weighted by atomic mass is 9.75. The number of oxime groups is 1. The summed E-state index contributed by atoms with van der Waals surface area (Å²) in [6, 6.07) is 19.2. The Morgan fingerprint density at radius 2 is 1.72 bits per heavy atom. The third-order valence-electron chi connectivity index (χ3n) is 5.31. The lowest BCUT2D eigenvalue weighted by molar-refractivity contribution is -0.283. The van der Waals surface area contributed by atoms with Crippen LogP contribution in [-0.2, 0) is 9.68 Å². The summed E-state index contributed by atoms with van der Waals surface area (Å²) >= 11 is 0. The molecule has 126 valence electrons. The Labute approximate surface area is 145 Å². The second kappa shape index (κ2) is 5.70. The van der Waals surface area contributed by atoms with Crippen LogP contribution in [0.15, 0.2) is 65.8 Å². The second-order valence-electron chi connectivity index (χ2n) is 6.72. The van der Waals surface area contributed by atoms with E-state index in [2.05, 4.69) is 5.16 Å². The molecule has 6 rings (SSSR count). The predicted octanol–water partition coefficient (Wildman–Crippen LogP) is 3.02. The standard InChI is InChI=1S/C20H18N2O3/c23-20(14-9-5-2-6-10-14)22-15-11-12-16(25-22)17-18(21-24-19(15)17)13-7-3-1-4-8-13/h1-10,15-17,19H,11-12H2/t15-,16+,17-,19+/m1/s1. The van der Waals surface area contributed by atoms with E-state index in [4.69, 9.17) is 9.68 Å². The molecule has 0 unspecified atom stereocenters. The number of fused-ring (bicyclic) bond motifs is 2. The van der Waals surface area contributed by atoms with E-state index in [1.807, 2.05) is 60.7 Å². The van der Waals surface area contributed by atoms with Gasteiger partial charge in [0.05, 0.1) is 17.7 Å². The van der Waals surface area contributed by atoms with Crippen LogP contribution in [0.25, 0.3) is 0 Å². The maximum atomic E-state index is 12.8. The first-order chi connectivity index (χ1) is 12.3. The highest BCUT2D eigenvalue weighted by molar-refractivity contribution is 6.04. The lowest BCUT2D eigenvalue weighted by Gasteiger charge is -2.49. The minimum absolute atomic E-state index is 0.0795. The largest absolute Gasteiger partial charge is 0.389 e. The molecule has 3 heterocycles. The average molecular weight is 334 g/mol. The average Bonchev–Trinajstić information content (AvgIpc) is 3.16. The van der Waals surface area contributed by atoms with Gasteiger partial charge in [0.2, 0.25) is 0 Å². The zero-order valence-electron chi connectivity index (χ0n) is 13.6. The molecule has 3 aliphatic heterocycles. The number of amides is 1. The Morgan fingerprint density at radius 1 is 1.00 bits per heavy atom. The van der Waals surface area contributed by atoms with Gasteiger partial charge in [0.25, 0.3) is 5.91 Å². The summed E-state index contributed by atoms with van der Waals surface area (Å²) in [7, 11) is 0. The maximum absolute atomic E-state index is 12.8. The van der Waals surface area contributed by atoms with Crippen molar-refractivity contribution in [1.29, 1.82) is 0 Å². The number of benzene rings is 2. The zero-order chi connectivity index (χ0) is 16.8. The van der Waals surface area contributed by atoms with Crippen molar-refractivity contribution in [3.63, 3.8) is 0 Å². The van der Waals surface area contributed by atoms with E-state index < -0.39 is 0 Å². The van der Waals surface area contributed by atoms with Crippen LogP contribution >= 0.6 is 0 Å². The number of carbonyl (C=O) groups excluding carboxylic acids is 1. The van der Waals surface area contributed by atoms with Crippen molar-refractivity contribution < 1.29 is 14.5 Å². The number of nitrogens with zero attached hydrogens (tertiary/aromatic N) is 2. The summed E-state index contributed by atoms with van der Waals surface area (Å²) in [5.41, 5.74) is 2.63. The summed E-state index contributed by atoms with van der Waals surface area (Å²) in [4.78, 5) is 24.7. The van der Waals surface area contributed by atoms with Gasteiger partial charge in [-0.05, 0) is 30.5 Å². The molecule has 5 nitrogen and oxygen atoms in total. The van der Waals surface area contributed by atoms with Crippen molar-refractivity contribution in [2.45, 2.75) is 31.1 Å². The molecular weight excluding hydrogens is 316 g/mol. The Bertz CT molecular complexity index is 821. The van der Waals surface area contributed by atoms with Crippen molar-refractivity contribution in [2.75, 3.05) is 0 Å². The van der Waals surface area contributed by atoms with Gasteiger partial charge in [-0.25, -0.2) is 5.06 Å². The fraction of sp³-hybridized carbons (Fsp3) is 0.300. The van der Waals surface area contributed by atoms with Gasteiger partial charge in [0.1, 0.15) is 6.04 Å². The van der Waals surface area contributed by atoms with Crippen molar-refractivity contribution in [3.05, 3.63) is 71.8 Å². The third-order valence-corrected chi connectivity index (χ3v) is 5.31. The first-order valence-electron chi connectivity index (χ1n) is 8.67. The second-order valence-corrected chi connectivity index (χ2v) is 6.72. The molecular formula is C20H18N2O3. The molecule has 25 heavy (non-hydrogen) atoms. The number of hydrogen-bond donors (Lipinski definition) is 0. The van der Waals surface area contributed by atoms with Gasteiger partial charge in [-0.1, -0.05) is 53.7 Å². The molecule has 0 N–H and O–H groups in total. The van der Waals surface area contributed by atoms with Gasteiger partial charge in [-0.3, -0.25) is 9.63 Å². The monoisotopic (exact) mass is 334 g/mol. The van der Waals surface area contributed by atoms with Crippen LogP contribution in [0.1, 0.15) is 28.8 Å². The van der Waals surface area contributed by atoms with E-state index >= 15 is 0 Å². The first kappa shape index (κ1) is 14.7. The summed E-state index contributed by atoms with van der Waals surface area (Å²) in [5.74, 6) is -0.0218. The van der Waals surface area contributed by atoms with E-state index in [9.17, 15) is 4.79 Å². The van der Waals surface area contributed by atoms with E-state index in [1.165, 1.54) is 5.06 Å². The maximum Gasteiger partial charge on any atom is 0.277 e. The van der Waals surface area contributed by atoms with E-state index in [-0.39, 0.29) is 30.1 Å². The van der Waals surface area contributed by atoms with Gasteiger partial charge >= 0.3 is 0 Å². The van der Waals surface area contributed by atoms with Crippen LogP contribution in [0.3, 0.4) is 0 Å². The highest BCUT2D eigenvalue weighted by atomic mass is 16.7. The molecule has 1 saturated carbocycles. The Balaban J connectivity index is 1.43. The smallest absolute Gasteiger partial charge is 0.277 e. The number of hydrogen-bond acceptors (Lipinski definition) is 4.